The smallest absolute Gasteiger partial charge is 0.258 e. The molecule has 3 aromatic rings. The molecule has 2 amide bonds. The number of carbonyl (C=O) groups excluding carboxylic acids is 2. The lowest BCUT2D eigenvalue weighted by atomic mass is 10.1. The summed E-state index contributed by atoms with van der Waals surface area (Å²) in [4.78, 5) is 31.0. The maximum Gasteiger partial charge on any atom is 0.258 e. The first-order chi connectivity index (χ1) is 16.2. The van der Waals surface area contributed by atoms with Gasteiger partial charge in [0.1, 0.15) is 0 Å². The van der Waals surface area contributed by atoms with Crippen molar-refractivity contribution in [1.82, 2.24) is 9.88 Å². The zero-order valence-electron chi connectivity index (χ0n) is 19.0. The van der Waals surface area contributed by atoms with Crippen molar-refractivity contribution in [3.63, 3.8) is 0 Å². The summed E-state index contributed by atoms with van der Waals surface area (Å²) in [5.41, 5.74) is 5.99. The van der Waals surface area contributed by atoms with Gasteiger partial charge in [0.15, 0.2) is 15.0 Å². The molecule has 8 nitrogen and oxygen atoms in total. The van der Waals surface area contributed by atoms with Gasteiger partial charge in [0.05, 0.1) is 37.0 Å². The second kappa shape index (κ2) is 11.3. The van der Waals surface area contributed by atoms with Crippen LogP contribution in [0.1, 0.15) is 47.4 Å². The molecule has 34 heavy (non-hydrogen) atoms. The van der Waals surface area contributed by atoms with Gasteiger partial charge >= 0.3 is 0 Å². The Morgan fingerprint density at radius 3 is 2.50 bits per heavy atom. The zero-order valence-corrected chi connectivity index (χ0v) is 21.4. The van der Waals surface area contributed by atoms with E-state index in [1.807, 2.05) is 0 Å². The first-order valence-corrected chi connectivity index (χ1v) is 13.8. The van der Waals surface area contributed by atoms with E-state index < -0.39 is 21.7 Å². The molecule has 11 heteroatoms. The Bertz CT molecular complexity index is 1300. The van der Waals surface area contributed by atoms with Crippen LogP contribution in [0.3, 0.4) is 0 Å². The van der Waals surface area contributed by atoms with Crippen LogP contribution in [0.25, 0.3) is 10.2 Å². The van der Waals surface area contributed by atoms with Gasteiger partial charge in [0.2, 0.25) is 5.91 Å². The van der Waals surface area contributed by atoms with Crippen molar-refractivity contribution < 1.29 is 18.0 Å². The van der Waals surface area contributed by atoms with E-state index in [4.69, 9.17) is 17.3 Å². The number of amides is 2. The standard InChI is InChI=1S/C23H27ClN4O4S2/c1-3-28(4-2)12-5-6-13-34(31,32)15-10-11-18-19(14-15)33-23(26-18)27-22(30)17-9-7-8-16(20(17)24)21(25)29/h7-11,14H,3-6,12-13H2,1-2H3,(H2,25,29)(H,26,27,30). The number of halogens is 1. The van der Waals surface area contributed by atoms with Gasteiger partial charge in [-0.2, -0.15) is 0 Å². The van der Waals surface area contributed by atoms with Crippen molar-refractivity contribution in [2.24, 2.45) is 5.73 Å². The van der Waals surface area contributed by atoms with Crippen molar-refractivity contribution in [2.45, 2.75) is 31.6 Å². The van der Waals surface area contributed by atoms with Gasteiger partial charge < -0.3 is 10.6 Å². The molecule has 0 saturated carbocycles. The number of sulfone groups is 1. The third-order valence-corrected chi connectivity index (χ3v) is 8.62. The summed E-state index contributed by atoms with van der Waals surface area (Å²) in [7, 11) is -3.43. The summed E-state index contributed by atoms with van der Waals surface area (Å²) in [6.07, 6.45) is 1.41. The molecule has 3 rings (SSSR count). The van der Waals surface area contributed by atoms with Gasteiger partial charge in [-0.3, -0.25) is 14.9 Å². The van der Waals surface area contributed by atoms with Gasteiger partial charge in [-0.05, 0) is 62.8 Å². The van der Waals surface area contributed by atoms with Gasteiger partial charge in [0.25, 0.3) is 5.91 Å². The van der Waals surface area contributed by atoms with Crippen molar-refractivity contribution in [3.05, 3.63) is 52.5 Å². The number of carbonyl (C=O) groups is 2. The van der Waals surface area contributed by atoms with E-state index in [1.54, 1.807) is 18.2 Å². The van der Waals surface area contributed by atoms with E-state index >= 15 is 0 Å². The van der Waals surface area contributed by atoms with Crippen LogP contribution >= 0.6 is 22.9 Å². The molecule has 2 aromatic carbocycles. The van der Waals surface area contributed by atoms with Crippen molar-refractivity contribution in [2.75, 3.05) is 30.7 Å². The highest BCUT2D eigenvalue weighted by atomic mass is 35.5. The normalized spacial score (nSPS) is 11.8. The highest BCUT2D eigenvalue weighted by Crippen LogP contribution is 2.30. The molecule has 3 N–H and O–H groups in total. The zero-order chi connectivity index (χ0) is 24.9. The highest BCUT2D eigenvalue weighted by molar-refractivity contribution is 7.91. The fourth-order valence-corrected chi connectivity index (χ4v) is 6.17. The van der Waals surface area contributed by atoms with E-state index in [-0.39, 0.29) is 31.9 Å². The minimum Gasteiger partial charge on any atom is -0.366 e. The molecule has 0 saturated heterocycles. The largest absolute Gasteiger partial charge is 0.366 e. The van der Waals surface area contributed by atoms with Crippen LogP contribution in [0.5, 0.6) is 0 Å². The van der Waals surface area contributed by atoms with Crippen molar-refractivity contribution >= 4 is 59.9 Å². The van der Waals surface area contributed by atoms with Gasteiger partial charge in [-0.1, -0.05) is 42.9 Å². The molecule has 0 fully saturated rings. The van der Waals surface area contributed by atoms with Crippen LogP contribution in [0.15, 0.2) is 41.3 Å². The van der Waals surface area contributed by atoms with E-state index in [0.717, 1.165) is 37.4 Å². The van der Waals surface area contributed by atoms with Crippen LogP contribution in [0.2, 0.25) is 5.02 Å². The van der Waals surface area contributed by atoms with Crippen molar-refractivity contribution in [1.29, 1.82) is 0 Å². The third-order valence-electron chi connectivity index (χ3n) is 5.48. The molecule has 0 spiro atoms. The Labute approximate surface area is 208 Å². The van der Waals surface area contributed by atoms with Gasteiger partial charge in [-0.15, -0.1) is 0 Å². The number of benzene rings is 2. The lowest BCUT2D eigenvalue weighted by Crippen LogP contribution is -2.24. The summed E-state index contributed by atoms with van der Waals surface area (Å²) in [5.74, 6) is -1.20. The van der Waals surface area contributed by atoms with Crippen LogP contribution in [-0.2, 0) is 9.84 Å². The van der Waals surface area contributed by atoms with E-state index in [2.05, 4.69) is 29.0 Å². The molecule has 1 aromatic heterocycles. The monoisotopic (exact) mass is 522 g/mol. The Kier molecular flexibility index (Phi) is 8.64. The van der Waals surface area contributed by atoms with E-state index in [1.165, 1.54) is 18.2 Å². The predicted molar refractivity (Wildman–Crippen MR) is 137 cm³/mol. The minimum absolute atomic E-state index is 0.0389. The van der Waals surface area contributed by atoms with Gasteiger partial charge in [0, 0.05) is 0 Å². The Hall–Kier alpha value is -2.53. The van der Waals surface area contributed by atoms with Crippen LogP contribution in [0, 0.1) is 0 Å². The Morgan fingerprint density at radius 2 is 1.82 bits per heavy atom. The maximum atomic E-state index is 12.8. The van der Waals surface area contributed by atoms with Crippen LogP contribution < -0.4 is 11.1 Å². The second-order valence-corrected chi connectivity index (χ2v) is 11.2. The number of fused-ring (bicyclic) bond motifs is 1. The quantitative estimate of drug-likeness (QED) is 0.364. The maximum absolute atomic E-state index is 12.8. The van der Waals surface area contributed by atoms with Crippen molar-refractivity contribution in [3.8, 4) is 0 Å². The number of thiazole rings is 1. The molecular weight excluding hydrogens is 496 g/mol. The Balaban J connectivity index is 1.72. The summed E-state index contributed by atoms with van der Waals surface area (Å²) in [6, 6.07) is 9.18. The number of nitrogens with two attached hydrogens (primary N) is 1. The first-order valence-electron chi connectivity index (χ1n) is 10.9. The second-order valence-electron chi connectivity index (χ2n) is 7.69. The topological polar surface area (TPSA) is 122 Å². The number of aromatic nitrogens is 1. The third kappa shape index (κ3) is 6.12. The lowest BCUT2D eigenvalue weighted by Gasteiger charge is -2.17. The summed E-state index contributed by atoms with van der Waals surface area (Å²) in [5, 5.41) is 2.90. The number of anilines is 1. The molecule has 0 aliphatic heterocycles. The van der Waals surface area contributed by atoms with Crippen LogP contribution in [0.4, 0.5) is 5.13 Å². The summed E-state index contributed by atoms with van der Waals surface area (Å²) >= 11 is 7.31. The molecule has 0 aliphatic rings. The molecule has 0 unspecified atom stereocenters. The number of unbranched alkanes of at least 4 members (excludes halogenated alkanes) is 1. The SMILES string of the molecule is CCN(CC)CCCCS(=O)(=O)c1ccc2nc(NC(=O)c3cccc(C(N)=O)c3Cl)sc2c1. The fourth-order valence-electron chi connectivity index (χ4n) is 3.50. The first kappa shape index (κ1) is 26.1. The lowest BCUT2D eigenvalue weighted by molar-refractivity contribution is 0.100. The molecule has 0 aliphatic carbocycles. The van der Waals surface area contributed by atoms with Gasteiger partial charge in [-0.25, -0.2) is 13.4 Å². The molecule has 1 heterocycles. The molecule has 0 atom stereocenters. The average molecular weight is 523 g/mol. The summed E-state index contributed by atoms with van der Waals surface area (Å²) < 4.78 is 26.2. The summed E-state index contributed by atoms with van der Waals surface area (Å²) in [6.45, 7) is 6.97. The fraction of sp³-hybridized carbons (Fsp3) is 0.348. The number of hydrogen-bond donors (Lipinski definition) is 2. The molecular formula is C23H27ClN4O4S2. The molecule has 0 bridgehead atoms. The Morgan fingerprint density at radius 1 is 1.12 bits per heavy atom. The number of nitrogens with one attached hydrogen (secondary N) is 1. The minimum atomic E-state index is -3.43. The number of nitrogens with zero attached hydrogens (tertiary/aromatic N) is 2. The number of rotatable bonds is 11. The average Bonchev–Trinajstić information content (AvgIpc) is 3.20. The highest BCUT2D eigenvalue weighted by Gasteiger charge is 2.19. The predicted octanol–water partition coefficient (Wildman–Crippen LogP) is 4.20. The van der Waals surface area contributed by atoms with E-state index in [9.17, 15) is 18.0 Å². The molecule has 0 radical (unpaired) electrons. The van der Waals surface area contributed by atoms with Crippen LogP contribution in [-0.4, -0.2) is 55.5 Å². The molecule has 182 valence electrons. The number of primary amides is 1. The number of hydrogen-bond acceptors (Lipinski definition) is 7. The van der Waals surface area contributed by atoms with E-state index in [0.29, 0.717) is 16.6 Å².